The molecule has 0 radical (unpaired) electrons. The molecule has 0 spiro atoms. The maximum absolute atomic E-state index is 11.0. The molecule has 0 N–H and O–H groups in total. The number of furan rings is 1. The second-order valence-corrected chi connectivity index (χ2v) is 14.7. The van der Waals surface area contributed by atoms with E-state index in [1.807, 2.05) is 91.0 Å². The molecular weight excluding hydrogens is 725 g/mol. The van der Waals surface area contributed by atoms with E-state index in [0.29, 0.717) is 23.0 Å². The average molecular weight is 755 g/mol. The Balaban J connectivity index is 1.12. The lowest BCUT2D eigenvalue weighted by Gasteiger charge is -2.13. The SMILES string of the molecule is N#Cc1cc(-c2nc(-c3ccccc3)nc(-c3ccccc3)n2)ccc1-n1c2ccccc2c2ccc3c(c4ccccc4n3-c3cccc4c3oc3ccccc34)c21. The Labute approximate surface area is 337 Å². The maximum Gasteiger partial charge on any atom is 0.164 e. The molecule has 0 saturated heterocycles. The first-order valence-corrected chi connectivity index (χ1v) is 19.5. The van der Waals surface area contributed by atoms with Crippen molar-refractivity contribution in [3.8, 4) is 51.6 Å². The molecule has 12 rings (SSSR count). The van der Waals surface area contributed by atoms with Crippen molar-refractivity contribution >= 4 is 65.6 Å². The van der Waals surface area contributed by atoms with Gasteiger partial charge in [-0.1, -0.05) is 133 Å². The predicted octanol–water partition coefficient (Wildman–Crippen LogP) is 12.8. The van der Waals surface area contributed by atoms with Crippen molar-refractivity contribution in [2.24, 2.45) is 0 Å². The number of fused-ring (bicyclic) bond motifs is 10. The third kappa shape index (κ3) is 4.97. The van der Waals surface area contributed by atoms with Crippen LogP contribution in [-0.2, 0) is 0 Å². The van der Waals surface area contributed by atoms with E-state index in [1.165, 1.54) is 0 Å². The highest BCUT2D eigenvalue weighted by Crippen LogP contribution is 2.44. The van der Waals surface area contributed by atoms with Crippen LogP contribution in [0.2, 0.25) is 0 Å². The number of nitrogens with zero attached hydrogens (tertiary/aromatic N) is 6. The van der Waals surface area contributed by atoms with Gasteiger partial charge >= 0.3 is 0 Å². The largest absolute Gasteiger partial charge is 0.454 e. The Kier molecular flexibility index (Phi) is 7.16. The van der Waals surface area contributed by atoms with Crippen molar-refractivity contribution in [1.29, 1.82) is 5.26 Å². The van der Waals surface area contributed by atoms with E-state index in [-0.39, 0.29) is 0 Å². The summed E-state index contributed by atoms with van der Waals surface area (Å²) in [6.07, 6.45) is 0. The molecule has 0 bridgehead atoms. The molecule has 0 amide bonds. The molecule has 0 fully saturated rings. The monoisotopic (exact) mass is 754 g/mol. The first-order valence-electron chi connectivity index (χ1n) is 19.5. The second kappa shape index (κ2) is 12.8. The van der Waals surface area contributed by atoms with E-state index in [1.54, 1.807) is 0 Å². The summed E-state index contributed by atoms with van der Waals surface area (Å²) in [6, 6.07) is 64.3. The van der Waals surface area contributed by atoms with Gasteiger partial charge in [0.05, 0.1) is 39.0 Å². The van der Waals surface area contributed by atoms with Crippen LogP contribution in [0.4, 0.5) is 0 Å². The van der Waals surface area contributed by atoms with Crippen LogP contribution in [0.3, 0.4) is 0 Å². The van der Waals surface area contributed by atoms with Crippen molar-refractivity contribution in [2.75, 3.05) is 0 Å². The van der Waals surface area contributed by atoms with Gasteiger partial charge in [0.1, 0.15) is 11.7 Å². The van der Waals surface area contributed by atoms with Gasteiger partial charge in [0.15, 0.2) is 23.1 Å². The number of benzene rings is 8. The van der Waals surface area contributed by atoms with Crippen molar-refractivity contribution in [3.05, 3.63) is 188 Å². The smallest absolute Gasteiger partial charge is 0.164 e. The summed E-state index contributed by atoms with van der Waals surface area (Å²) in [6.45, 7) is 0. The van der Waals surface area contributed by atoms with E-state index in [4.69, 9.17) is 19.4 Å². The van der Waals surface area contributed by atoms with Gasteiger partial charge in [0.25, 0.3) is 0 Å². The molecule has 59 heavy (non-hydrogen) atoms. The zero-order chi connectivity index (χ0) is 39.0. The fourth-order valence-corrected chi connectivity index (χ4v) is 8.82. The molecule has 274 valence electrons. The Hall–Kier alpha value is -8.34. The zero-order valence-corrected chi connectivity index (χ0v) is 31.4. The summed E-state index contributed by atoms with van der Waals surface area (Å²) in [7, 11) is 0. The lowest BCUT2D eigenvalue weighted by atomic mass is 10.1. The first-order chi connectivity index (χ1) is 29.2. The van der Waals surface area contributed by atoms with Crippen LogP contribution in [0, 0.1) is 11.3 Å². The molecule has 0 saturated carbocycles. The van der Waals surface area contributed by atoms with E-state index in [0.717, 1.165) is 93.6 Å². The van der Waals surface area contributed by atoms with Crippen LogP contribution < -0.4 is 0 Å². The van der Waals surface area contributed by atoms with Crippen LogP contribution >= 0.6 is 0 Å². The first kappa shape index (κ1) is 32.9. The lowest BCUT2D eigenvalue weighted by molar-refractivity contribution is 0.666. The van der Waals surface area contributed by atoms with Crippen molar-refractivity contribution < 1.29 is 4.42 Å². The molecule has 8 aromatic carbocycles. The number of hydrogen-bond donors (Lipinski definition) is 0. The molecular formula is C52H30N6O. The molecule has 7 nitrogen and oxygen atoms in total. The van der Waals surface area contributed by atoms with Crippen LogP contribution in [0.15, 0.2) is 186 Å². The third-order valence-corrected chi connectivity index (χ3v) is 11.4. The number of hydrogen-bond acceptors (Lipinski definition) is 5. The van der Waals surface area contributed by atoms with E-state index >= 15 is 0 Å². The minimum atomic E-state index is 0.494. The minimum Gasteiger partial charge on any atom is -0.454 e. The number of nitriles is 1. The van der Waals surface area contributed by atoms with E-state index in [2.05, 4.69) is 106 Å². The number of rotatable bonds is 5. The summed E-state index contributed by atoms with van der Waals surface area (Å²) in [5, 5.41) is 17.5. The quantitative estimate of drug-likeness (QED) is 0.175. The number of para-hydroxylation sites is 4. The molecule has 0 unspecified atom stereocenters. The summed E-state index contributed by atoms with van der Waals surface area (Å²) in [5.41, 5.74) is 10.6. The highest BCUT2D eigenvalue weighted by atomic mass is 16.3. The Bertz CT molecular complexity index is 3630. The maximum atomic E-state index is 11.0. The van der Waals surface area contributed by atoms with Gasteiger partial charge in [-0.25, -0.2) is 15.0 Å². The Morgan fingerprint density at radius 1 is 0.424 bits per heavy atom. The van der Waals surface area contributed by atoms with Gasteiger partial charge in [-0.2, -0.15) is 5.26 Å². The lowest BCUT2D eigenvalue weighted by Crippen LogP contribution is -2.02. The zero-order valence-electron chi connectivity index (χ0n) is 31.4. The summed E-state index contributed by atoms with van der Waals surface area (Å²) in [4.78, 5) is 14.8. The molecule has 12 aromatic rings. The van der Waals surface area contributed by atoms with E-state index in [9.17, 15) is 5.26 Å². The number of aromatic nitrogens is 5. The van der Waals surface area contributed by atoms with Crippen LogP contribution in [0.25, 0.3) is 111 Å². The van der Waals surface area contributed by atoms with Gasteiger partial charge in [-0.05, 0) is 48.5 Å². The molecule has 4 heterocycles. The van der Waals surface area contributed by atoms with Crippen molar-refractivity contribution in [2.45, 2.75) is 0 Å². The topological polar surface area (TPSA) is 85.5 Å². The van der Waals surface area contributed by atoms with Crippen LogP contribution in [0.1, 0.15) is 5.56 Å². The predicted molar refractivity (Wildman–Crippen MR) is 237 cm³/mol. The van der Waals surface area contributed by atoms with Gasteiger partial charge in [0.2, 0.25) is 0 Å². The van der Waals surface area contributed by atoms with E-state index < -0.39 is 0 Å². The summed E-state index contributed by atoms with van der Waals surface area (Å²) in [5.74, 6) is 1.63. The van der Waals surface area contributed by atoms with Crippen LogP contribution in [0.5, 0.6) is 0 Å². The summed E-state index contributed by atoms with van der Waals surface area (Å²) < 4.78 is 11.2. The van der Waals surface area contributed by atoms with Gasteiger partial charge in [-0.3, -0.25) is 0 Å². The standard InChI is InChI=1S/C52H30N6O/c53-31-35-30-34(52-55-50(32-14-3-1-4-15-32)54-51(56-52)33-16-5-2-6-17-33)26-28-41(35)58-42-22-10-7-18-36(42)38-27-29-44-47(48(38)58)40-20-8-11-23-43(40)57(44)45-24-13-21-39-37-19-9-12-25-46(37)59-49(39)45/h1-30H. The fourth-order valence-electron chi connectivity index (χ4n) is 8.82. The molecule has 0 atom stereocenters. The van der Waals surface area contributed by atoms with Gasteiger partial charge < -0.3 is 13.6 Å². The second-order valence-electron chi connectivity index (χ2n) is 14.7. The van der Waals surface area contributed by atoms with Crippen molar-refractivity contribution in [1.82, 2.24) is 24.1 Å². The summed E-state index contributed by atoms with van der Waals surface area (Å²) >= 11 is 0. The van der Waals surface area contributed by atoms with Gasteiger partial charge in [-0.15, -0.1) is 0 Å². The Morgan fingerprint density at radius 3 is 1.73 bits per heavy atom. The molecule has 4 aromatic heterocycles. The molecule has 0 aliphatic heterocycles. The van der Waals surface area contributed by atoms with Gasteiger partial charge in [0, 0.05) is 49.0 Å². The molecule has 0 aliphatic carbocycles. The van der Waals surface area contributed by atoms with Crippen LogP contribution in [-0.4, -0.2) is 24.1 Å². The highest BCUT2D eigenvalue weighted by molar-refractivity contribution is 6.26. The normalized spacial score (nSPS) is 11.7. The highest BCUT2D eigenvalue weighted by Gasteiger charge is 2.24. The Morgan fingerprint density at radius 2 is 1.02 bits per heavy atom. The fraction of sp³-hybridized carbons (Fsp3) is 0. The average Bonchev–Trinajstić information content (AvgIpc) is 3.97. The minimum absolute atomic E-state index is 0.494. The van der Waals surface area contributed by atoms with Crippen molar-refractivity contribution in [3.63, 3.8) is 0 Å². The molecule has 0 aliphatic rings. The molecule has 7 heteroatoms. The third-order valence-electron chi connectivity index (χ3n) is 11.4.